The summed E-state index contributed by atoms with van der Waals surface area (Å²) in [6.45, 7) is 7.77. The number of aliphatic hydroxyl groups is 1. The molecule has 0 rings (SSSR count). The lowest BCUT2D eigenvalue weighted by molar-refractivity contribution is -0.169. The fourth-order valence-electron chi connectivity index (χ4n) is 8.96. The van der Waals surface area contributed by atoms with Crippen molar-refractivity contribution in [2.24, 2.45) is 0 Å². The van der Waals surface area contributed by atoms with Crippen molar-refractivity contribution in [3.8, 4) is 0 Å². The highest BCUT2D eigenvalue weighted by molar-refractivity contribution is 5.69. The van der Waals surface area contributed by atoms with Gasteiger partial charge in [-0.1, -0.05) is 222 Å². The monoisotopic (exact) mass is 934 g/mol. The maximum atomic E-state index is 13.4. The van der Waals surface area contributed by atoms with E-state index in [0.29, 0.717) is 6.42 Å². The van der Waals surface area contributed by atoms with E-state index < -0.39 is 11.7 Å². The molecule has 390 valence electrons. The molecule has 0 fully saturated rings. The highest BCUT2D eigenvalue weighted by Gasteiger charge is 2.38. The van der Waals surface area contributed by atoms with Crippen LogP contribution in [0.25, 0.3) is 0 Å². The van der Waals surface area contributed by atoms with Crippen molar-refractivity contribution in [2.45, 2.75) is 302 Å². The van der Waals surface area contributed by atoms with Gasteiger partial charge in [0.05, 0.1) is 0 Å². The topological polar surface area (TPSA) is 49.8 Å². The Morgan fingerprint density at radius 1 is 0.418 bits per heavy atom. The Labute approximate surface area is 419 Å². The number of unbranched alkanes of at least 4 members (excludes halogenated alkanes) is 28. The van der Waals surface area contributed by atoms with Gasteiger partial charge in [-0.3, -0.25) is 4.79 Å². The number of allylic oxidation sites excluding steroid dienone is 12. The van der Waals surface area contributed by atoms with Gasteiger partial charge in [0.2, 0.25) is 0 Å². The van der Waals surface area contributed by atoms with Crippen LogP contribution >= 0.6 is 0 Å². The molecular weight excluding hydrogens is 819 g/mol. The fourth-order valence-corrected chi connectivity index (χ4v) is 8.96. The number of rotatable bonds is 52. The van der Waals surface area contributed by atoms with Crippen LogP contribution in [-0.4, -0.2) is 48.3 Å². The third-order valence-electron chi connectivity index (χ3n) is 13.4. The zero-order valence-corrected chi connectivity index (χ0v) is 45.6. The smallest absolute Gasteiger partial charge is 0.306 e. The predicted octanol–water partition coefficient (Wildman–Crippen LogP) is 20.0. The Hall–Kier alpha value is -2.17. The van der Waals surface area contributed by atoms with Gasteiger partial charge in [-0.2, -0.15) is 0 Å². The summed E-state index contributed by atoms with van der Waals surface area (Å²) in [5, 5.41) is 12.6. The van der Waals surface area contributed by atoms with Crippen molar-refractivity contribution in [1.29, 1.82) is 0 Å². The first-order valence-corrected chi connectivity index (χ1v) is 29.4. The van der Waals surface area contributed by atoms with E-state index in [0.717, 1.165) is 96.4 Å². The summed E-state index contributed by atoms with van der Waals surface area (Å²) < 4.78 is 6.37. The van der Waals surface area contributed by atoms with Crippen LogP contribution in [-0.2, 0) is 9.53 Å². The van der Waals surface area contributed by atoms with Crippen LogP contribution in [0.1, 0.15) is 290 Å². The van der Waals surface area contributed by atoms with E-state index in [-0.39, 0.29) is 5.97 Å². The molecule has 0 aliphatic heterocycles. The summed E-state index contributed by atoms with van der Waals surface area (Å²) in [6, 6.07) is 0. The van der Waals surface area contributed by atoms with Crippen LogP contribution in [0.15, 0.2) is 72.9 Å². The average molecular weight is 935 g/mol. The summed E-state index contributed by atoms with van der Waals surface area (Å²) in [6.07, 6.45) is 75.8. The summed E-state index contributed by atoms with van der Waals surface area (Å²) >= 11 is 0. The van der Waals surface area contributed by atoms with E-state index in [4.69, 9.17) is 4.74 Å². The van der Waals surface area contributed by atoms with Gasteiger partial charge in [0.1, 0.15) is 11.7 Å². The minimum Gasteiger partial charge on any atom is -0.459 e. The Morgan fingerprint density at radius 2 is 0.731 bits per heavy atom. The standard InChI is InChI=1S/C63H115NO3/c1-6-9-12-15-18-21-24-27-30-33-36-39-42-45-48-51-56-61(67-62(65)57-52-55-60-64(4)5)63(66,58-53-49-46-43-40-37-34-31-28-25-22-19-16-13-10-7-2)59-54-50-47-44-41-38-35-32-29-26-23-20-17-14-11-8-3/h18-23,27-32,61,66H,6-17,24-26,33-60H2,1-5H3. The number of hydrogen-bond donors (Lipinski definition) is 1. The molecule has 0 amide bonds. The number of hydrogen-bond acceptors (Lipinski definition) is 4. The molecule has 1 unspecified atom stereocenters. The van der Waals surface area contributed by atoms with Crippen LogP contribution < -0.4 is 0 Å². The number of carbonyl (C=O) groups is 1. The molecule has 0 saturated heterocycles. The van der Waals surface area contributed by atoms with E-state index in [1.807, 2.05) is 0 Å². The van der Waals surface area contributed by atoms with Crippen molar-refractivity contribution in [2.75, 3.05) is 20.6 Å². The highest BCUT2D eigenvalue weighted by atomic mass is 16.6. The van der Waals surface area contributed by atoms with Crippen LogP contribution in [0.5, 0.6) is 0 Å². The molecule has 0 bridgehead atoms. The molecule has 0 spiro atoms. The van der Waals surface area contributed by atoms with Crippen LogP contribution in [0, 0.1) is 0 Å². The largest absolute Gasteiger partial charge is 0.459 e. The lowest BCUT2D eigenvalue weighted by Crippen LogP contribution is -2.45. The summed E-state index contributed by atoms with van der Waals surface area (Å²) in [5.74, 6) is -0.115. The SMILES string of the molecule is CCCCCC=CCC=CCCCCCCCCC(OC(=O)CCCCN(C)C)C(O)(CCCCCCCCC=CCC=CCCCCC)CCCCCCCCC=CCC=CCCCCC. The van der Waals surface area contributed by atoms with E-state index in [1.54, 1.807) is 0 Å². The minimum absolute atomic E-state index is 0.115. The third kappa shape index (κ3) is 48.6. The molecule has 0 aromatic heterocycles. The van der Waals surface area contributed by atoms with Crippen molar-refractivity contribution < 1.29 is 14.6 Å². The van der Waals surface area contributed by atoms with Crippen molar-refractivity contribution in [1.82, 2.24) is 4.90 Å². The molecule has 0 aliphatic rings. The lowest BCUT2D eigenvalue weighted by Gasteiger charge is -2.36. The number of ether oxygens (including phenoxy) is 1. The van der Waals surface area contributed by atoms with Gasteiger partial charge in [-0.05, 0) is 155 Å². The molecule has 0 saturated carbocycles. The Balaban J connectivity index is 5.17. The summed E-state index contributed by atoms with van der Waals surface area (Å²) in [4.78, 5) is 15.6. The summed E-state index contributed by atoms with van der Waals surface area (Å²) in [7, 11) is 4.17. The van der Waals surface area contributed by atoms with E-state index >= 15 is 0 Å². The van der Waals surface area contributed by atoms with E-state index in [2.05, 4.69) is 113 Å². The van der Waals surface area contributed by atoms with E-state index in [9.17, 15) is 9.90 Å². The lowest BCUT2D eigenvalue weighted by atomic mass is 9.82. The van der Waals surface area contributed by atoms with Gasteiger partial charge >= 0.3 is 5.97 Å². The minimum atomic E-state index is -0.944. The quantitative estimate of drug-likeness (QED) is 0.0375. The molecule has 0 radical (unpaired) electrons. The van der Waals surface area contributed by atoms with Crippen molar-refractivity contribution in [3.63, 3.8) is 0 Å². The zero-order valence-electron chi connectivity index (χ0n) is 45.6. The van der Waals surface area contributed by atoms with Crippen molar-refractivity contribution >= 4 is 5.97 Å². The highest BCUT2D eigenvalue weighted by Crippen LogP contribution is 2.32. The second kappa shape index (κ2) is 53.2. The van der Waals surface area contributed by atoms with Gasteiger partial charge in [0, 0.05) is 6.42 Å². The van der Waals surface area contributed by atoms with Crippen LogP contribution in [0.3, 0.4) is 0 Å². The number of carbonyl (C=O) groups excluding carboxylic acids is 1. The molecule has 1 atom stereocenters. The van der Waals surface area contributed by atoms with Crippen molar-refractivity contribution in [3.05, 3.63) is 72.9 Å². The molecule has 0 aromatic carbocycles. The maximum absolute atomic E-state index is 13.4. The van der Waals surface area contributed by atoms with Crippen LogP contribution in [0.4, 0.5) is 0 Å². The second-order valence-corrected chi connectivity index (χ2v) is 20.4. The third-order valence-corrected chi connectivity index (χ3v) is 13.4. The molecule has 1 N–H and O–H groups in total. The Morgan fingerprint density at radius 3 is 1.07 bits per heavy atom. The zero-order chi connectivity index (χ0) is 48.8. The molecule has 67 heavy (non-hydrogen) atoms. The van der Waals surface area contributed by atoms with Crippen LogP contribution in [0.2, 0.25) is 0 Å². The first kappa shape index (κ1) is 64.8. The Bertz CT molecular complexity index is 1150. The molecule has 4 nitrogen and oxygen atoms in total. The molecule has 4 heteroatoms. The first-order chi connectivity index (χ1) is 32.9. The molecule has 0 heterocycles. The van der Waals surface area contributed by atoms with Gasteiger partial charge in [0.25, 0.3) is 0 Å². The van der Waals surface area contributed by atoms with E-state index in [1.165, 1.54) is 173 Å². The van der Waals surface area contributed by atoms with Gasteiger partial charge < -0.3 is 14.7 Å². The second-order valence-electron chi connectivity index (χ2n) is 20.4. The molecular formula is C63H115NO3. The fraction of sp³-hybridized carbons (Fsp3) is 0.794. The predicted molar refractivity (Wildman–Crippen MR) is 299 cm³/mol. The van der Waals surface area contributed by atoms with Gasteiger partial charge in [-0.25, -0.2) is 0 Å². The first-order valence-electron chi connectivity index (χ1n) is 29.4. The average Bonchev–Trinajstić information content (AvgIpc) is 3.32. The summed E-state index contributed by atoms with van der Waals surface area (Å²) in [5.41, 5.74) is -0.944. The van der Waals surface area contributed by atoms with Gasteiger partial charge in [0.15, 0.2) is 0 Å². The maximum Gasteiger partial charge on any atom is 0.306 e. The Kier molecular flexibility index (Phi) is 51.5. The normalized spacial score (nSPS) is 13.9. The van der Waals surface area contributed by atoms with Gasteiger partial charge in [-0.15, -0.1) is 0 Å². The number of nitrogens with zero attached hydrogens (tertiary/aromatic N) is 1. The molecule has 0 aliphatic carbocycles. The molecule has 0 aromatic rings. The number of esters is 1.